The maximum Gasteiger partial charge on any atom is 0.263 e. The topological polar surface area (TPSA) is 78.8 Å². The van der Waals surface area contributed by atoms with Crippen molar-refractivity contribution in [2.45, 2.75) is 43.0 Å². The first-order valence-electron chi connectivity index (χ1n) is 7.29. The third-order valence-corrected chi connectivity index (χ3v) is 5.77. The smallest absolute Gasteiger partial charge is 0.263 e. The van der Waals surface area contributed by atoms with Gasteiger partial charge in [0.1, 0.15) is 5.84 Å². The monoisotopic (exact) mass is 308 g/mol. The Morgan fingerprint density at radius 1 is 1.43 bits per heavy atom. The Labute approximate surface area is 125 Å². The van der Waals surface area contributed by atoms with Crippen molar-refractivity contribution in [3.8, 4) is 0 Å². The molecular weight excluding hydrogens is 288 g/mol. The molecule has 0 aromatic heterocycles. The Hall–Kier alpha value is -1.40. The molecule has 0 spiro atoms. The van der Waals surface area contributed by atoms with E-state index < -0.39 is 15.6 Å². The number of nitrogens with one attached hydrogen (secondary N) is 1. The van der Waals surface area contributed by atoms with E-state index in [2.05, 4.69) is 16.6 Å². The van der Waals surface area contributed by atoms with Gasteiger partial charge < -0.3 is 5.11 Å². The van der Waals surface area contributed by atoms with Crippen molar-refractivity contribution in [2.75, 3.05) is 6.61 Å². The minimum atomic E-state index is -3.52. The van der Waals surface area contributed by atoms with Crippen LogP contribution in [-0.4, -0.2) is 31.5 Å². The van der Waals surface area contributed by atoms with Gasteiger partial charge in [-0.15, -0.1) is 0 Å². The number of hydrogen-bond acceptors (Lipinski definition) is 4. The maximum absolute atomic E-state index is 12.1. The maximum atomic E-state index is 12.1. The van der Waals surface area contributed by atoms with Crippen molar-refractivity contribution in [3.63, 3.8) is 0 Å². The minimum Gasteiger partial charge on any atom is -0.394 e. The Morgan fingerprint density at radius 3 is 2.90 bits per heavy atom. The molecule has 0 amide bonds. The average Bonchev–Trinajstić information content (AvgIpc) is 2.71. The number of amidine groups is 1. The highest BCUT2D eigenvalue weighted by molar-refractivity contribution is 7.90. The van der Waals surface area contributed by atoms with E-state index in [1.807, 2.05) is 0 Å². The molecule has 2 N–H and O–H groups in total. The van der Waals surface area contributed by atoms with Crippen molar-refractivity contribution >= 4 is 15.9 Å². The van der Waals surface area contributed by atoms with Crippen LogP contribution in [0.3, 0.4) is 0 Å². The quantitative estimate of drug-likeness (QED) is 0.872. The molecule has 0 radical (unpaired) electrons. The zero-order valence-electron chi connectivity index (χ0n) is 12.0. The average molecular weight is 308 g/mol. The van der Waals surface area contributed by atoms with E-state index in [9.17, 15) is 13.5 Å². The van der Waals surface area contributed by atoms with Crippen LogP contribution in [0.2, 0.25) is 0 Å². The number of fused-ring (bicyclic) bond motifs is 1. The molecule has 6 heteroatoms. The first-order valence-corrected chi connectivity index (χ1v) is 8.77. The Balaban J connectivity index is 2.04. The van der Waals surface area contributed by atoms with Crippen molar-refractivity contribution in [2.24, 2.45) is 10.9 Å². The summed E-state index contributed by atoms with van der Waals surface area (Å²) in [7, 11) is -3.52. The number of rotatable bonds is 2. The van der Waals surface area contributed by atoms with Crippen LogP contribution in [0.4, 0.5) is 0 Å². The third-order valence-electron chi connectivity index (χ3n) is 4.37. The van der Waals surface area contributed by atoms with Crippen LogP contribution in [0.1, 0.15) is 38.2 Å². The molecular formula is C15H20N2O3S. The normalized spacial score (nSPS) is 32.7. The SMILES string of the molecule is CC1CCCC(CO)(N=C2NS(=O)(=O)c3ccccc32)C1. The van der Waals surface area contributed by atoms with Gasteiger partial charge in [0, 0.05) is 5.56 Å². The molecule has 1 saturated carbocycles. The van der Waals surface area contributed by atoms with Gasteiger partial charge in [0.25, 0.3) is 10.0 Å². The second-order valence-electron chi connectivity index (χ2n) is 6.15. The summed E-state index contributed by atoms with van der Waals surface area (Å²) >= 11 is 0. The lowest BCUT2D eigenvalue weighted by atomic mass is 9.77. The number of benzene rings is 1. The van der Waals surface area contributed by atoms with E-state index in [1.54, 1.807) is 24.3 Å². The Kier molecular flexibility index (Phi) is 3.53. The lowest BCUT2D eigenvalue weighted by molar-refractivity contribution is 0.135. The highest BCUT2D eigenvalue weighted by Crippen LogP contribution is 2.36. The lowest BCUT2D eigenvalue weighted by Gasteiger charge is -2.35. The van der Waals surface area contributed by atoms with Gasteiger partial charge in [-0.25, -0.2) is 8.42 Å². The number of hydrogen-bond donors (Lipinski definition) is 2. The molecule has 0 saturated heterocycles. The summed E-state index contributed by atoms with van der Waals surface area (Å²) in [6.07, 6.45) is 3.72. The fraction of sp³-hybridized carbons (Fsp3) is 0.533. The summed E-state index contributed by atoms with van der Waals surface area (Å²) < 4.78 is 26.7. The molecule has 2 unspecified atom stereocenters. The van der Waals surface area contributed by atoms with Crippen molar-refractivity contribution in [1.29, 1.82) is 0 Å². The van der Waals surface area contributed by atoms with Gasteiger partial charge in [-0.3, -0.25) is 9.71 Å². The second-order valence-corrected chi connectivity index (χ2v) is 7.80. The van der Waals surface area contributed by atoms with Crippen molar-refractivity contribution in [3.05, 3.63) is 29.8 Å². The van der Waals surface area contributed by atoms with Crippen LogP contribution in [0, 0.1) is 5.92 Å². The fourth-order valence-corrected chi connectivity index (χ4v) is 4.60. The van der Waals surface area contributed by atoms with E-state index in [-0.39, 0.29) is 11.5 Å². The standard InChI is InChI=1S/C15H20N2O3S/c1-11-5-4-8-15(9-11,10-18)16-14-12-6-2-3-7-13(12)21(19,20)17-14/h2-3,6-7,11,18H,4-5,8-10H2,1H3,(H,16,17). The molecule has 1 heterocycles. The first kappa shape index (κ1) is 14.5. The van der Waals surface area contributed by atoms with Gasteiger partial charge in [-0.1, -0.05) is 31.9 Å². The highest BCUT2D eigenvalue weighted by Gasteiger charge is 2.37. The molecule has 2 aliphatic rings. The summed E-state index contributed by atoms with van der Waals surface area (Å²) in [4.78, 5) is 4.91. The predicted molar refractivity (Wildman–Crippen MR) is 80.7 cm³/mol. The van der Waals surface area contributed by atoms with Crippen LogP contribution in [0.5, 0.6) is 0 Å². The molecule has 2 atom stereocenters. The molecule has 1 aromatic rings. The van der Waals surface area contributed by atoms with Gasteiger partial charge in [0.15, 0.2) is 0 Å². The summed E-state index contributed by atoms with van der Waals surface area (Å²) in [5, 5.41) is 9.81. The highest BCUT2D eigenvalue weighted by atomic mass is 32.2. The lowest BCUT2D eigenvalue weighted by Crippen LogP contribution is -2.39. The van der Waals surface area contributed by atoms with Crippen molar-refractivity contribution < 1.29 is 13.5 Å². The zero-order valence-corrected chi connectivity index (χ0v) is 12.9. The molecule has 114 valence electrons. The van der Waals surface area contributed by atoms with E-state index >= 15 is 0 Å². The molecule has 1 aromatic carbocycles. The minimum absolute atomic E-state index is 0.0509. The Morgan fingerprint density at radius 2 is 2.19 bits per heavy atom. The second kappa shape index (κ2) is 5.10. The van der Waals surface area contributed by atoms with Crippen LogP contribution >= 0.6 is 0 Å². The number of aliphatic hydroxyl groups excluding tert-OH is 1. The summed E-state index contributed by atoms with van der Waals surface area (Å²) in [5.74, 6) is 0.859. The number of nitrogens with zero attached hydrogens (tertiary/aromatic N) is 1. The molecule has 1 aliphatic carbocycles. The summed E-state index contributed by atoms with van der Waals surface area (Å²) in [6.45, 7) is 2.10. The van der Waals surface area contributed by atoms with Crippen LogP contribution in [0.25, 0.3) is 0 Å². The molecule has 21 heavy (non-hydrogen) atoms. The Bertz CT molecular complexity index is 684. The van der Waals surface area contributed by atoms with Crippen LogP contribution in [0.15, 0.2) is 34.2 Å². The van der Waals surface area contributed by atoms with Gasteiger partial charge >= 0.3 is 0 Å². The first-order chi connectivity index (χ1) is 9.96. The number of aliphatic hydroxyl groups is 1. The predicted octanol–water partition coefficient (Wildman–Crippen LogP) is 1.67. The summed E-state index contributed by atoms with van der Waals surface area (Å²) in [6, 6.07) is 6.83. The van der Waals surface area contributed by atoms with Gasteiger partial charge in [0.2, 0.25) is 0 Å². The number of sulfonamides is 1. The van der Waals surface area contributed by atoms with Gasteiger partial charge in [0.05, 0.1) is 17.0 Å². The van der Waals surface area contributed by atoms with E-state index in [0.717, 1.165) is 25.7 Å². The third kappa shape index (κ3) is 2.58. The molecule has 1 fully saturated rings. The molecule has 3 rings (SSSR count). The molecule has 1 aliphatic heterocycles. The van der Waals surface area contributed by atoms with E-state index in [1.165, 1.54) is 0 Å². The number of aliphatic imine (C=N–C) groups is 1. The van der Waals surface area contributed by atoms with Crippen molar-refractivity contribution in [1.82, 2.24) is 4.72 Å². The van der Waals surface area contributed by atoms with E-state index in [4.69, 9.17) is 0 Å². The zero-order chi connectivity index (χ0) is 15.1. The summed E-state index contributed by atoms with van der Waals surface area (Å²) in [5.41, 5.74) is 0.0380. The van der Waals surface area contributed by atoms with Crippen LogP contribution in [-0.2, 0) is 10.0 Å². The van der Waals surface area contributed by atoms with E-state index in [0.29, 0.717) is 17.3 Å². The van der Waals surface area contributed by atoms with Crippen LogP contribution < -0.4 is 4.72 Å². The largest absolute Gasteiger partial charge is 0.394 e. The van der Waals surface area contributed by atoms with Gasteiger partial charge in [-0.2, -0.15) is 0 Å². The fourth-order valence-electron chi connectivity index (χ4n) is 3.37. The molecule has 5 nitrogen and oxygen atoms in total. The van der Waals surface area contributed by atoms with Gasteiger partial charge in [-0.05, 0) is 30.9 Å². The molecule has 0 bridgehead atoms.